The molecule has 3 saturated heterocycles. The van der Waals surface area contributed by atoms with Crippen LogP contribution in [-0.4, -0.2) is 109 Å². The summed E-state index contributed by atoms with van der Waals surface area (Å²) in [5.74, 6) is -1.10. The Bertz CT molecular complexity index is 1010. The Kier molecular flexibility index (Phi) is 9.11. The molecule has 0 radical (unpaired) electrons. The zero-order valence-electron chi connectivity index (χ0n) is 24.8. The number of rotatable bonds is 11. The zero-order chi connectivity index (χ0) is 29.3. The number of barbiturate groups is 1. The summed E-state index contributed by atoms with van der Waals surface area (Å²) in [6, 6.07) is -0.164. The summed E-state index contributed by atoms with van der Waals surface area (Å²) in [5, 5.41) is 0. The molecule has 0 N–H and O–H groups in total. The second kappa shape index (κ2) is 11.9. The Balaban J connectivity index is 1.41. The first-order valence-corrected chi connectivity index (χ1v) is 18.5. The Hall–Kier alpha value is -2.31. The maximum absolute atomic E-state index is 13.6. The maximum atomic E-state index is 13.6. The van der Waals surface area contributed by atoms with Gasteiger partial charge in [-0.25, -0.2) is 14.5 Å². The third-order valence-electron chi connectivity index (χ3n) is 8.95. The van der Waals surface area contributed by atoms with Crippen molar-refractivity contribution in [3.63, 3.8) is 0 Å². The Morgan fingerprint density at radius 3 is 2.27 bits per heavy atom. The van der Waals surface area contributed by atoms with Gasteiger partial charge in [0.25, 0.3) is 5.91 Å². The van der Waals surface area contributed by atoms with Crippen LogP contribution in [0.25, 0.3) is 0 Å². The van der Waals surface area contributed by atoms with E-state index in [4.69, 9.17) is 9.47 Å². The molecule has 1 aliphatic carbocycles. The average Bonchev–Trinajstić information content (AvgIpc) is 3.44. The molecule has 1 spiro atoms. The van der Waals surface area contributed by atoms with Crippen LogP contribution in [0.4, 0.5) is 9.59 Å². The number of unbranched alkanes of at least 4 members (excludes halogenated alkanes) is 1. The van der Waals surface area contributed by atoms with Crippen molar-refractivity contribution in [2.24, 2.45) is 5.41 Å². The highest BCUT2D eigenvalue weighted by Gasteiger charge is 2.60. The van der Waals surface area contributed by atoms with Gasteiger partial charge in [0.2, 0.25) is 11.8 Å². The summed E-state index contributed by atoms with van der Waals surface area (Å²) in [4.78, 5) is 70.8. The molecule has 3 heterocycles. The lowest BCUT2D eigenvalue weighted by atomic mass is 9.72. The van der Waals surface area contributed by atoms with Gasteiger partial charge in [-0.15, -0.1) is 0 Å². The van der Waals surface area contributed by atoms with Gasteiger partial charge in [0.05, 0.1) is 6.61 Å². The lowest BCUT2D eigenvalue weighted by Crippen LogP contribution is -2.59. The van der Waals surface area contributed by atoms with E-state index in [0.29, 0.717) is 64.8 Å². The van der Waals surface area contributed by atoms with Crippen LogP contribution in [0, 0.1) is 5.41 Å². The number of urea groups is 2. The first-order valence-electron chi connectivity index (χ1n) is 14.8. The second-order valence-electron chi connectivity index (χ2n) is 13.4. The van der Waals surface area contributed by atoms with Crippen molar-refractivity contribution >= 4 is 37.9 Å². The van der Waals surface area contributed by atoms with Gasteiger partial charge in [-0.1, -0.05) is 39.9 Å². The smallest absolute Gasteiger partial charge is 0.333 e. The minimum absolute atomic E-state index is 0.0500. The number of carbonyl (C=O) groups is 5. The lowest BCUT2D eigenvalue weighted by Gasteiger charge is -2.45. The largest absolute Gasteiger partial charge is 0.378 e. The fourth-order valence-corrected chi connectivity index (χ4v) is 6.99. The van der Waals surface area contributed by atoms with Gasteiger partial charge >= 0.3 is 12.1 Å². The number of hydrogen-bond acceptors (Lipinski definition) is 7. The number of hydrogen-bond donors (Lipinski definition) is 0. The molecule has 0 aromatic rings. The summed E-state index contributed by atoms with van der Waals surface area (Å²) in [6.45, 7) is 12.6. The standard InChI is InChI=1S/C28H46N4O7Si/c1-6-7-13-29-22(33)17-23(34)32(26(29)37)21-8-10-27(2,11-9-21)18-31-25(36)30(20-39-15-16-40(3,4)5)24(35)28(31)12-14-38-19-28/h21H,6-20H2,1-5H3/t21?,27?,28-/m0/s1. The molecule has 4 aliphatic rings. The van der Waals surface area contributed by atoms with E-state index >= 15 is 0 Å². The van der Waals surface area contributed by atoms with Gasteiger partial charge in [0.15, 0.2) is 0 Å². The van der Waals surface area contributed by atoms with Crippen LogP contribution in [0.3, 0.4) is 0 Å². The molecular formula is C28H46N4O7Si. The molecular weight excluding hydrogens is 532 g/mol. The summed E-state index contributed by atoms with van der Waals surface area (Å²) in [6.07, 6.45) is 4.28. The van der Waals surface area contributed by atoms with Crippen LogP contribution in [-0.2, 0) is 23.9 Å². The van der Waals surface area contributed by atoms with Gasteiger partial charge in [-0.05, 0) is 43.6 Å². The Morgan fingerprint density at radius 1 is 0.975 bits per heavy atom. The number of ether oxygens (including phenoxy) is 2. The monoisotopic (exact) mass is 578 g/mol. The molecule has 1 atom stereocenters. The van der Waals surface area contributed by atoms with Crippen LogP contribution >= 0.6 is 0 Å². The number of carbonyl (C=O) groups excluding carboxylic acids is 5. The van der Waals surface area contributed by atoms with E-state index in [2.05, 4.69) is 26.6 Å². The average molecular weight is 579 g/mol. The highest BCUT2D eigenvalue weighted by Crippen LogP contribution is 2.44. The number of amides is 7. The van der Waals surface area contributed by atoms with Crippen LogP contribution < -0.4 is 0 Å². The van der Waals surface area contributed by atoms with Crippen molar-refractivity contribution in [3.05, 3.63) is 0 Å². The predicted octanol–water partition coefficient (Wildman–Crippen LogP) is 3.65. The molecule has 0 aromatic heterocycles. The molecule has 11 nitrogen and oxygen atoms in total. The van der Waals surface area contributed by atoms with E-state index in [1.807, 2.05) is 6.92 Å². The van der Waals surface area contributed by atoms with Gasteiger partial charge in [0, 0.05) is 46.8 Å². The van der Waals surface area contributed by atoms with Gasteiger partial charge < -0.3 is 14.4 Å². The van der Waals surface area contributed by atoms with Crippen LogP contribution in [0.2, 0.25) is 25.7 Å². The van der Waals surface area contributed by atoms with E-state index in [0.717, 1.165) is 12.5 Å². The van der Waals surface area contributed by atoms with E-state index in [-0.39, 0.29) is 43.2 Å². The quantitative estimate of drug-likeness (QED) is 0.159. The van der Waals surface area contributed by atoms with Crippen molar-refractivity contribution < 1.29 is 33.4 Å². The Labute approximate surface area is 238 Å². The molecule has 0 aromatic carbocycles. The molecule has 12 heteroatoms. The molecule has 4 rings (SSSR count). The third kappa shape index (κ3) is 6.13. The minimum Gasteiger partial charge on any atom is -0.378 e. The first-order chi connectivity index (χ1) is 18.8. The van der Waals surface area contributed by atoms with Crippen LogP contribution in [0.5, 0.6) is 0 Å². The van der Waals surface area contributed by atoms with Gasteiger partial charge in [-0.3, -0.25) is 24.2 Å². The summed E-state index contributed by atoms with van der Waals surface area (Å²) in [7, 11) is -1.30. The van der Waals surface area contributed by atoms with Crippen molar-refractivity contribution in [2.45, 2.75) is 102 Å². The normalized spacial score (nSPS) is 30.0. The SMILES string of the molecule is CCCCN1C(=O)CC(=O)N(C2CCC(C)(CN3C(=O)N(COCC[Si](C)(C)C)C(=O)[C@@]34CCOC4)CC2)C1=O. The maximum Gasteiger partial charge on any atom is 0.333 e. The summed E-state index contributed by atoms with van der Waals surface area (Å²) in [5.41, 5.74) is -1.30. The predicted molar refractivity (Wildman–Crippen MR) is 150 cm³/mol. The molecule has 1 saturated carbocycles. The minimum atomic E-state index is -1.30. The highest BCUT2D eigenvalue weighted by atomic mass is 28.3. The molecule has 7 amide bonds. The van der Waals surface area contributed by atoms with E-state index in [1.165, 1.54) is 14.7 Å². The number of imide groups is 3. The topological polar surface area (TPSA) is 117 Å². The van der Waals surface area contributed by atoms with Crippen molar-refractivity contribution in [2.75, 3.05) is 39.6 Å². The zero-order valence-corrected chi connectivity index (χ0v) is 25.8. The van der Waals surface area contributed by atoms with Gasteiger partial charge in [-0.2, -0.15) is 0 Å². The van der Waals surface area contributed by atoms with Crippen molar-refractivity contribution in [3.8, 4) is 0 Å². The fourth-order valence-electron chi connectivity index (χ4n) is 6.23. The Morgan fingerprint density at radius 2 is 1.68 bits per heavy atom. The van der Waals surface area contributed by atoms with Crippen LogP contribution in [0.1, 0.15) is 65.2 Å². The first kappa shape index (κ1) is 30.6. The van der Waals surface area contributed by atoms with E-state index < -0.39 is 31.5 Å². The van der Waals surface area contributed by atoms with Crippen LogP contribution in [0.15, 0.2) is 0 Å². The fraction of sp³-hybridized carbons (Fsp3) is 0.821. The molecule has 4 fully saturated rings. The molecule has 40 heavy (non-hydrogen) atoms. The molecule has 224 valence electrons. The summed E-state index contributed by atoms with van der Waals surface area (Å²) >= 11 is 0. The van der Waals surface area contributed by atoms with E-state index in [9.17, 15) is 24.0 Å². The molecule has 0 bridgehead atoms. The van der Waals surface area contributed by atoms with Crippen molar-refractivity contribution in [1.82, 2.24) is 19.6 Å². The molecule has 0 unspecified atom stereocenters. The van der Waals surface area contributed by atoms with Crippen molar-refractivity contribution in [1.29, 1.82) is 0 Å². The summed E-state index contributed by atoms with van der Waals surface area (Å²) < 4.78 is 11.4. The highest BCUT2D eigenvalue weighted by molar-refractivity contribution is 6.76. The third-order valence-corrected chi connectivity index (χ3v) is 10.7. The second-order valence-corrected chi connectivity index (χ2v) is 19.1. The lowest BCUT2D eigenvalue weighted by molar-refractivity contribution is -0.145. The number of nitrogens with zero attached hydrogens (tertiary/aromatic N) is 4. The molecule has 3 aliphatic heterocycles. The van der Waals surface area contributed by atoms with Gasteiger partial charge in [0.1, 0.15) is 18.7 Å². The van der Waals surface area contributed by atoms with E-state index in [1.54, 1.807) is 4.90 Å².